The van der Waals surface area contributed by atoms with E-state index in [4.69, 9.17) is 9.84 Å². The second kappa shape index (κ2) is 8.00. The number of amides is 1. The van der Waals surface area contributed by atoms with Crippen molar-refractivity contribution >= 4 is 18.0 Å². The van der Waals surface area contributed by atoms with Crippen molar-refractivity contribution in [3.8, 4) is 22.8 Å². The third-order valence-electron chi connectivity index (χ3n) is 6.36. The number of carbonyl (C=O) groups excluding carboxylic acids is 2. The minimum absolute atomic E-state index is 0.0430. The number of hydrogen-bond acceptors (Lipinski definition) is 5. The molecular weight excluding hydrogens is 404 g/mol. The lowest BCUT2D eigenvalue weighted by molar-refractivity contribution is -0.128. The van der Waals surface area contributed by atoms with Gasteiger partial charge in [0.15, 0.2) is 6.29 Å². The van der Waals surface area contributed by atoms with Gasteiger partial charge in [-0.2, -0.15) is 5.10 Å². The standard InChI is InChI=1S/C25H24N4O3/c1-2-22(31)28-14-12-25(13-15-28)17-26-24-21(16-30)23(27-29(24)25)18-8-10-20(11-9-18)32-19-6-4-3-5-7-19/h2-11,16,26H,1,12-15,17H2. The molecule has 32 heavy (non-hydrogen) atoms. The molecule has 1 N–H and O–H groups in total. The van der Waals surface area contributed by atoms with Crippen LogP contribution in [0.4, 0.5) is 5.82 Å². The zero-order valence-corrected chi connectivity index (χ0v) is 17.7. The van der Waals surface area contributed by atoms with Crippen LogP contribution in [0, 0.1) is 0 Å². The van der Waals surface area contributed by atoms with Gasteiger partial charge in [0.25, 0.3) is 0 Å². The highest BCUT2D eigenvalue weighted by molar-refractivity contribution is 5.93. The second-order valence-corrected chi connectivity index (χ2v) is 8.19. The summed E-state index contributed by atoms with van der Waals surface area (Å²) in [6.07, 6.45) is 3.77. The van der Waals surface area contributed by atoms with E-state index in [2.05, 4.69) is 11.9 Å². The summed E-state index contributed by atoms with van der Waals surface area (Å²) in [6, 6.07) is 17.2. The molecule has 0 radical (unpaired) electrons. The first-order valence-electron chi connectivity index (χ1n) is 10.7. The summed E-state index contributed by atoms with van der Waals surface area (Å²) < 4.78 is 7.84. The van der Waals surface area contributed by atoms with E-state index in [1.807, 2.05) is 64.2 Å². The van der Waals surface area contributed by atoms with Crippen molar-refractivity contribution in [2.45, 2.75) is 18.4 Å². The summed E-state index contributed by atoms with van der Waals surface area (Å²) in [4.78, 5) is 25.8. The van der Waals surface area contributed by atoms with E-state index in [0.717, 1.165) is 36.3 Å². The van der Waals surface area contributed by atoms with E-state index in [-0.39, 0.29) is 11.4 Å². The number of nitrogens with zero attached hydrogens (tertiary/aromatic N) is 3. The van der Waals surface area contributed by atoms with Gasteiger partial charge in [0, 0.05) is 25.2 Å². The average molecular weight is 428 g/mol. The molecule has 0 aliphatic carbocycles. The number of aldehydes is 1. The molecule has 7 nitrogen and oxygen atoms in total. The number of ether oxygens (including phenoxy) is 1. The van der Waals surface area contributed by atoms with Gasteiger partial charge in [0.05, 0.1) is 11.1 Å². The monoisotopic (exact) mass is 428 g/mol. The Morgan fingerprint density at radius 1 is 1.06 bits per heavy atom. The molecule has 0 saturated carbocycles. The Kier molecular flexibility index (Phi) is 5.01. The van der Waals surface area contributed by atoms with Crippen molar-refractivity contribution in [1.29, 1.82) is 0 Å². The number of anilines is 1. The first kappa shape index (κ1) is 20.1. The van der Waals surface area contributed by atoms with Crippen LogP contribution in [0.1, 0.15) is 23.2 Å². The van der Waals surface area contributed by atoms with Gasteiger partial charge in [-0.3, -0.25) is 9.59 Å². The number of rotatable bonds is 5. The molecule has 1 fully saturated rings. The highest BCUT2D eigenvalue weighted by Gasteiger charge is 2.44. The molecule has 1 spiro atoms. The first-order chi connectivity index (χ1) is 15.6. The van der Waals surface area contributed by atoms with E-state index >= 15 is 0 Å². The van der Waals surface area contributed by atoms with Crippen molar-refractivity contribution in [2.24, 2.45) is 0 Å². The number of likely N-dealkylation sites (tertiary alicyclic amines) is 1. The summed E-state index contributed by atoms with van der Waals surface area (Å²) >= 11 is 0. The molecule has 3 heterocycles. The van der Waals surface area contributed by atoms with Crippen molar-refractivity contribution in [1.82, 2.24) is 14.7 Å². The van der Waals surface area contributed by atoms with E-state index in [0.29, 0.717) is 36.6 Å². The normalized spacial score (nSPS) is 16.3. The smallest absolute Gasteiger partial charge is 0.245 e. The Balaban J connectivity index is 1.41. The van der Waals surface area contributed by atoms with Crippen LogP contribution in [0.2, 0.25) is 0 Å². The molecule has 162 valence electrons. The Bertz CT molecular complexity index is 1160. The summed E-state index contributed by atoms with van der Waals surface area (Å²) in [6.45, 7) is 5.57. The van der Waals surface area contributed by atoms with Crippen molar-refractivity contribution in [3.05, 3.63) is 72.8 Å². The predicted octanol–water partition coefficient (Wildman–Crippen LogP) is 4.08. The first-order valence-corrected chi connectivity index (χ1v) is 10.7. The minimum atomic E-state index is -0.236. The third kappa shape index (κ3) is 3.36. The van der Waals surface area contributed by atoms with Gasteiger partial charge in [0.1, 0.15) is 23.0 Å². The lowest BCUT2D eigenvalue weighted by Gasteiger charge is -2.38. The number of hydrogen-bond donors (Lipinski definition) is 1. The SMILES string of the molecule is C=CC(=O)N1CCC2(CC1)CNc1c(C=O)c(-c3ccc(Oc4ccccc4)cc3)nn12. The highest BCUT2D eigenvalue weighted by Crippen LogP contribution is 2.41. The largest absolute Gasteiger partial charge is 0.457 e. The average Bonchev–Trinajstić information content (AvgIpc) is 3.38. The predicted molar refractivity (Wildman–Crippen MR) is 122 cm³/mol. The van der Waals surface area contributed by atoms with Gasteiger partial charge in [-0.05, 0) is 55.3 Å². The fourth-order valence-corrected chi connectivity index (χ4v) is 4.56. The number of nitrogens with one attached hydrogen (secondary N) is 1. The fraction of sp³-hybridized carbons (Fsp3) is 0.240. The van der Waals surface area contributed by atoms with Crippen molar-refractivity contribution in [2.75, 3.05) is 25.0 Å². The molecule has 0 unspecified atom stereocenters. The van der Waals surface area contributed by atoms with Crippen LogP contribution >= 0.6 is 0 Å². The van der Waals surface area contributed by atoms with E-state index in [1.54, 1.807) is 0 Å². The molecular formula is C25H24N4O3. The maximum atomic E-state index is 12.0. The summed E-state index contributed by atoms with van der Waals surface area (Å²) in [5.74, 6) is 2.19. The number of para-hydroxylation sites is 1. The Morgan fingerprint density at radius 2 is 1.75 bits per heavy atom. The minimum Gasteiger partial charge on any atom is -0.457 e. The van der Waals surface area contributed by atoms with E-state index < -0.39 is 0 Å². The Morgan fingerprint density at radius 3 is 2.41 bits per heavy atom. The molecule has 1 saturated heterocycles. The maximum Gasteiger partial charge on any atom is 0.245 e. The summed E-state index contributed by atoms with van der Waals surface area (Å²) in [5.41, 5.74) is 1.82. The van der Waals surface area contributed by atoms with E-state index in [1.165, 1.54) is 6.08 Å². The maximum absolute atomic E-state index is 12.0. The molecule has 1 amide bonds. The number of aromatic nitrogens is 2. The fourth-order valence-electron chi connectivity index (χ4n) is 4.56. The lowest BCUT2D eigenvalue weighted by atomic mass is 9.88. The zero-order valence-electron chi connectivity index (χ0n) is 17.7. The van der Waals surface area contributed by atoms with Crippen molar-refractivity contribution < 1.29 is 14.3 Å². The lowest BCUT2D eigenvalue weighted by Crippen LogP contribution is -2.48. The van der Waals surface area contributed by atoms with Gasteiger partial charge in [-0.15, -0.1) is 0 Å². The van der Waals surface area contributed by atoms with Crippen LogP contribution in [0.15, 0.2) is 67.3 Å². The molecule has 2 aliphatic heterocycles. The molecule has 0 bridgehead atoms. The molecule has 5 rings (SSSR count). The Hall–Kier alpha value is -3.87. The molecule has 2 aliphatic rings. The highest BCUT2D eigenvalue weighted by atomic mass is 16.5. The van der Waals surface area contributed by atoms with Gasteiger partial charge in [-0.25, -0.2) is 4.68 Å². The second-order valence-electron chi connectivity index (χ2n) is 8.19. The molecule has 2 aromatic carbocycles. The summed E-state index contributed by atoms with van der Waals surface area (Å²) in [5, 5.41) is 8.26. The van der Waals surface area contributed by atoms with Crippen molar-refractivity contribution in [3.63, 3.8) is 0 Å². The van der Waals surface area contributed by atoms with Crippen LogP contribution < -0.4 is 10.1 Å². The zero-order chi connectivity index (χ0) is 22.1. The molecule has 3 aromatic rings. The summed E-state index contributed by atoms with van der Waals surface area (Å²) in [7, 11) is 0. The van der Waals surface area contributed by atoms with Crippen LogP contribution in [0.25, 0.3) is 11.3 Å². The van der Waals surface area contributed by atoms with Crippen LogP contribution in [-0.4, -0.2) is 46.5 Å². The van der Waals surface area contributed by atoms with E-state index in [9.17, 15) is 9.59 Å². The molecule has 7 heteroatoms. The third-order valence-corrected chi connectivity index (χ3v) is 6.36. The topological polar surface area (TPSA) is 76.5 Å². The van der Waals surface area contributed by atoms with Gasteiger partial charge >= 0.3 is 0 Å². The van der Waals surface area contributed by atoms with Crippen LogP contribution in [-0.2, 0) is 10.3 Å². The number of benzene rings is 2. The number of fused-ring (bicyclic) bond motifs is 2. The quantitative estimate of drug-likeness (QED) is 0.489. The van der Waals surface area contributed by atoms with Crippen LogP contribution in [0.5, 0.6) is 11.5 Å². The molecule has 1 aromatic heterocycles. The van der Waals surface area contributed by atoms with Gasteiger partial charge < -0.3 is 15.0 Å². The molecule has 0 atom stereocenters. The number of carbonyl (C=O) groups is 2. The Labute approximate surface area is 186 Å². The number of piperidine rings is 1. The van der Waals surface area contributed by atoms with Gasteiger partial charge in [0.2, 0.25) is 5.91 Å². The van der Waals surface area contributed by atoms with Gasteiger partial charge in [-0.1, -0.05) is 24.8 Å². The van der Waals surface area contributed by atoms with Crippen LogP contribution in [0.3, 0.4) is 0 Å².